The maximum Gasteiger partial charge on any atom is 0.238 e. The maximum absolute atomic E-state index is 11.8. The van der Waals surface area contributed by atoms with Gasteiger partial charge in [-0.05, 0) is 54.3 Å². The minimum Gasteiger partial charge on any atom is -0.399 e. The Morgan fingerprint density at radius 2 is 1.80 bits per heavy atom. The molecule has 128 valence electrons. The quantitative estimate of drug-likeness (QED) is 0.539. The molecule has 0 bridgehead atoms. The Hall–Kier alpha value is -2.48. The molecule has 0 fully saturated rings. The van der Waals surface area contributed by atoms with Gasteiger partial charge in [0.2, 0.25) is 10.0 Å². The number of nitrogens with zero attached hydrogens (tertiary/aromatic N) is 1. The summed E-state index contributed by atoms with van der Waals surface area (Å²) in [6.07, 6.45) is 0. The topological polar surface area (TPSA) is 98.5 Å². The van der Waals surface area contributed by atoms with E-state index in [0.29, 0.717) is 16.8 Å². The van der Waals surface area contributed by atoms with Crippen LogP contribution in [0.25, 0.3) is 11.1 Å². The highest BCUT2D eigenvalue weighted by molar-refractivity contribution is 7.89. The second-order valence-electron chi connectivity index (χ2n) is 5.52. The molecule has 0 amide bonds. The predicted octanol–water partition coefficient (Wildman–Crippen LogP) is 3.79. The molecule has 0 unspecified atom stereocenters. The zero-order valence-electron chi connectivity index (χ0n) is 13.5. The molecule has 3 rings (SSSR count). The van der Waals surface area contributed by atoms with Gasteiger partial charge in [0.25, 0.3) is 0 Å². The normalized spacial score (nSPS) is 12.3. The smallest absolute Gasteiger partial charge is 0.238 e. The average molecular weight is 371 g/mol. The second kappa shape index (κ2) is 6.79. The van der Waals surface area contributed by atoms with Crippen LogP contribution in [-0.4, -0.2) is 14.1 Å². The number of nitrogen functional groups attached to an aromatic ring is 1. The van der Waals surface area contributed by atoms with Crippen molar-refractivity contribution in [3.63, 3.8) is 0 Å². The molecule has 0 aliphatic heterocycles. The summed E-state index contributed by atoms with van der Waals surface area (Å²) in [4.78, 5) is 5.74. The highest BCUT2D eigenvalue weighted by Gasteiger charge is 2.15. The van der Waals surface area contributed by atoms with Gasteiger partial charge in [0.1, 0.15) is 0 Å². The lowest BCUT2D eigenvalue weighted by Crippen LogP contribution is -2.13. The summed E-state index contributed by atoms with van der Waals surface area (Å²) in [5.41, 5.74) is 9.18. The Labute approximate surface area is 150 Å². The van der Waals surface area contributed by atoms with Crippen molar-refractivity contribution in [1.82, 2.24) is 0 Å². The fourth-order valence-electron chi connectivity index (χ4n) is 2.47. The molecule has 1 aromatic heterocycles. The van der Waals surface area contributed by atoms with Crippen molar-refractivity contribution < 1.29 is 8.42 Å². The number of benzene rings is 2. The second-order valence-corrected chi connectivity index (χ2v) is 8.00. The number of nitrogens with two attached hydrogens (primary N) is 2. The van der Waals surface area contributed by atoms with Gasteiger partial charge >= 0.3 is 0 Å². The third-order valence-electron chi connectivity index (χ3n) is 3.66. The first-order chi connectivity index (χ1) is 11.8. The van der Waals surface area contributed by atoms with E-state index in [4.69, 9.17) is 10.9 Å². The lowest BCUT2D eigenvalue weighted by atomic mass is 10.0. The summed E-state index contributed by atoms with van der Waals surface area (Å²) in [5.74, 6) is 0. The van der Waals surface area contributed by atoms with Crippen LogP contribution < -0.4 is 10.9 Å². The van der Waals surface area contributed by atoms with Gasteiger partial charge in [-0.2, -0.15) is 0 Å². The van der Waals surface area contributed by atoms with Crippen LogP contribution in [0, 0.1) is 0 Å². The molecule has 0 spiro atoms. The van der Waals surface area contributed by atoms with E-state index in [1.54, 1.807) is 17.4 Å². The number of primary sulfonamides is 1. The summed E-state index contributed by atoms with van der Waals surface area (Å²) in [7, 11) is -3.84. The number of aliphatic imine (C=N–C) groups is 1. The highest BCUT2D eigenvalue weighted by Crippen LogP contribution is 2.30. The van der Waals surface area contributed by atoms with Crippen molar-refractivity contribution in [2.45, 2.75) is 11.8 Å². The van der Waals surface area contributed by atoms with Gasteiger partial charge in [-0.1, -0.05) is 18.2 Å². The maximum atomic E-state index is 11.8. The van der Waals surface area contributed by atoms with Crippen LogP contribution in [0.15, 0.2) is 69.9 Å². The molecule has 0 aliphatic carbocycles. The van der Waals surface area contributed by atoms with Crippen molar-refractivity contribution >= 4 is 38.4 Å². The molecule has 0 radical (unpaired) electrons. The molecule has 3 aromatic rings. The van der Waals surface area contributed by atoms with Crippen molar-refractivity contribution in [2.24, 2.45) is 10.1 Å². The Balaban J connectivity index is 1.99. The van der Waals surface area contributed by atoms with E-state index in [-0.39, 0.29) is 4.90 Å². The number of thiophene rings is 1. The third kappa shape index (κ3) is 3.96. The molecule has 0 saturated heterocycles. The standard InChI is InChI=1S/C18H17N3O2S2/c1-12(17-3-2-10-24-17)21-15-7-4-13(5-8-15)16-11-14(19)6-9-18(16)25(20,22)23/h2-11H,19H2,1H3,(H2,20,22,23). The summed E-state index contributed by atoms with van der Waals surface area (Å²) in [6, 6.07) is 15.8. The Bertz CT molecular complexity index is 1020. The minimum absolute atomic E-state index is 0.0488. The molecule has 7 heteroatoms. The fourth-order valence-corrected chi connectivity index (χ4v) is 3.89. The lowest BCUT2D eigenvalue weighted by molar-refractivity contribution is 0.598. The number of sulfonamides is 1. The monoisotopic (exact) mass is 371 g/mol. The lowest BCUT2D eigenvalue weighted by Gasteiger charge is -2.09. The van der Waals surface area contributed by atoms with Crippen LogP contribution >= 0.6 is 11.3 Å². The largest absolute Gasteiger partial charge is 0.399 e. The number of anilines is 1. The fraction of sp³-hybridized carbons (Fsp3) is 0.0556. The van der Waals surface area contributed by atoms with Gasteiger partial charge in [0, 0.05) is 16.1 Å². The van der Waals surface area contributed by atoms with Gasteiger partial charge < -0.3 is 5.73 Å². The summed E-state index contributed by atoms with van der Waals surface area (Å²) >= 11 is 1.63. The van der Waals surface area contributed by atoms with Crippen LogP contribution in [-0.2, 0) is 10.0 Å². The molecule has 0 saturated carbocycles. The molecule has 0 atom stereocenters. The van der Waals surface area contributed by atoms with Crippen molar-refractivity contribution in [3.05, 3.63) is 64.9 Å². The Morgan fingerprint density at radius 1 is 1.08 bits per heavy atom. The first-order valence-corrected chi connectivity index (χ1v) is 9.89. The van der Waals surface area contributed by atoms with Crippen molar-refractivity contribution in [2.75, 3.05) is 5.73 Å². The predicted molar refractivity (Wildman–Crippen MR) is 104 cm³/mol. The van der Waals surface area contributed by atoms with E-state index >= 15 is 0 Å². The Morgan fingerprint density at radius 3 is 2.40 bits per heavy atom. The highest BCUT2D eigenvalue weighted by atomic mass is 32.2. The summed E-state index contributed by atoms with van der Waals surface area (Å²) in [6.45, 7) is 1.96. The molecule has 4 N–H and O–H groups in total. The zero-order valence-corrected chi connectivity index (χ0v) is 15.1. The van der Waals surface area contributed by atoms with E-state index < -0.39 is 10.0 Å². The van der Waals surface area contributed by atoms with Gasteiger partial charge in [0.05, 0.1) is 16.3 Å². The van der Waals surface area contributed by atoms with Gasteiger partial charge in [-0.25, -0.2) is 13.6 Å². The molecule has 5 nitrogen and oxygen atoms in total. The number of hydrogen-bond donors (Lipinski definition) is 2. The van der Waals surface area contributed by atoms with Gasteiger partial charge in [0.15, 0.2) is 0 Å². The van der Waals surface area contributed by atoms with Gasteiger partial charge in [-0.3, -0.25) is 4.99 Å². The van der Waals surface area contributed by atoms with Crippen molar-refractivity contribution in [3.8, 4) is 11.1 Å². The minimum atomic E-state index is -3.84. The molecule has 0 aliphatic rings. The van der Waals surface area contributed by atoms with Crippen LogP contribution in [0.3, 0.4) is 0 Å². The molecular formula is C18H17N3O2S2. The Kier molecular flexibility index (Phi) is 4.71. The van der Waals surface area contributed by atoms with E-state index in [0.717, 1.165) is 16.3 Å². The molecule has 25 heavy (non-hydrogen) atoms. The van der Waals surface area contributed by atoms with E-state index in [9.17, 15) is 8.42 Å². The van der Waals surface area contributed by atoms with Crippen molar-refractivity contribution in [1.29, 1.82) is 0 Å². The number of rotatable bonds is 4. The third-order valence-corrected chi connectivity index (χ3v) is 5.61. The number of hydrogen-bond acceptors (Lipinski definition) is 5. The van der Waals surface area contributed by atoms with Gasteiger partial charge in [-0.15, -0.1) is 11.3 Å². The molecular weight excluding hydrogens is 354 g/mol. The summed E-state index contributed by atoms with van der Waals surface area (Å²) in [5, 5.41) is 7.31. The van der Waals surface area contributed by atoms with E-state index in [2.05, 4.69) is 4.99 Å². The van der Waals surface area contributed by atoms with Crippen LogP contribution in [0.2, 0.25) is 0 Å². The molecule has 2 aromatic carbocycles. The van der Waals surface area contributed by atoms with E-state index in [1.807, 2.05) is 48.7 Å². The van der Waals surface area contributed by atoms with E-state index in [1.165, 1.54) is 12.1 Å². The SMILES string of the molecule is CC(=Nc1ccc(-c2cc(N)ccc2S(N)(=O)=O)cc1)c1cccs1. The summed E-state index contributed by atoms with van der Waals surface area (Å²) < 4.78 is 23.6. The first-order valence-electron chi connectivity index (χ1n) is 7.46. The van der Waals surface area contributed by atoms with Crippen LogP contribution in [0.4, 0.5) is 11.4 Å². The first kappa shape index (κ1) is 17.3. The average Bonchev–Trinajstić information content (AvgIpc) is 3.09. The molecule has 1 heterocycles. The van der Waals surface area contributed by atoms with Crippen LogP contribution in [0.5, 0.6) is 0 Å². The van der Waals surface area contributed by atoms with Crippen LogP contribution in [0.1, 0.15) is 11.8 Å². The zero-order chi connectivity index (χ0) is 18.0.